The molecule has 1 unspecified atom stereocenters. The summed E-state index contributed by atoms with van der Waals surface area (Å²) in [5, 5.41) is 5.83. The van der Waals surface area contributed by atoms with E-state index in [-0.39, 0.29) is 0 Å². The number of halogens is 1. The molecule has 0 bridgehead atoms. The lowest BCUT2D eigenvalue weighted by Crippen LogP contribution is -2.19. The van der Waals surface area contributed by atoms with Gasteiger partial charge >= 0.3 is 0 Å². The van der Waals surface area contributed by atoms with Crippen molar-refractivity contribution in [3.63, 3.8) is 0 Å². The molecule has 17 heavy (non-hydrogen) atoms. The fourth-order valence-corrected chi connectivity index (χ4v) is 2.89. The molecular formula is C13H17ClN2S. The zero-order chi connectivity index (χ0) is 12.3. The van der Waals surface area contributed by atoms with Gasteiger partial charge < -0.3 is 5.32 Å². The van der Waals surface area contributed by atoms with Crippen molar-refractivity contribution in [3.8, 4) is 0 Å². The number of amidine groups is 1. The summed E-state index contributed by atoms with van der Waals surface area (Å²) in [5.41, 5.74) is 1.19. The van der Waals surface area contributed by atoms with Crippen molar-refractivity contribution in [3.05, 3.63) is 34.9 Å². The highest BCUT2D eigenvalue weighted by Gasteiger charge is 2.21. The maximum absolute atomic E-state index is 5.94. The van der Waals surface area contributed by atoms with Crippen molar-refractivity contribution in [1.29, 1.82) is 0 Å². The molecule has 1 heterocycles. The van der Waals surface area contributed by atoms with E-state index in [0.29, 0.717) is 11.2 Å². The summed E-state index contributed by atoms with van der Waals surface area (Å²) in [7, 11) is 0. The van der Waals surface area contributed by atoms with E-state index < -0.39 is 0 Å². The Morgan fingerprint density at radius 3 is 3.00 bits per heavy atom. The van der Waals surface area contributed by atoms with Crippen LogP contribution < -0.4 is 5.32 Å². The van der Waals surface area contributed by atoms with Gasteiger partial charge in [0, 0.05) is 16.8 Å². The van der Waals surface area contributed by atoms with Crippen molar-refractivity contribution in [1.82, 2.24) is 5.32 Å². The number of rotatable bonds is 3. The van der Waals surface area contributed by atoms with Gasteiger partial charge in [-0.25, -0.2) is 0 Å². The van der Waals surface area contributed by atoms with Gasteiger partial charge in [-0.3, -0.25) is 4.99 Å². The molecule has 0 saturated carbocycles. The lowest BCUT2D eigenvalue weighted by molar-refractivity contribution is 0.621. The summed E-state index contributed by atoms with van der Waals surface area (Å²) in [6.45, 7) is 6.21. The summed E-state index contributed by atoms with van der Waals surface area (Å²) in [5.74, 6) is 0.675. The first-order chi connectivity index (χ1) is 8.15. The minimum Gasteiger partial charge on any atom is -0.361 e. The standard InChI is InChI=1S/C13H17ClN2S/c1-9(2)12-8-16-13(17-12)15-7-10-4-3-5-11(14)6-10/h3-6,9,12H,7-8H2,1-2H3,(H,15,16). The second-order valence-corrected chi connectivity index (χ2v) is 6.19. The molecule has 4 heteroatoms. The van der Waals surface area contributed by atoms with Gasteiger partial charge in [0.15, 0.2) is 5.17 Å². The van der Waals surface area contributed by atoms with Crippen molar-refractivity contribution >= 4 is 28.5 Å². The largest absolute Gasteiger partial charge is 0.361 e. The first-order valence-electron chi connectivity index (χ1n) is 5.84. The Bertz CT molecular complexity index is 418. The zero-order valence-corrected chi connectivity index (χ0v) is 11.7. The van der Waals surface area contributed by atoms with Gasteiger partial charge in [-0.2, -0.15) is 0 Å². The monoisotopic (exact) mass is 268 g/mol. The number of aliphatic imine (C=N–C) groups is 1. The van der Waals surface area contributed by atoms with Crippen molar-refractivity contribution in [2.24, 2.45) is 10.9 Å². The summed E-state index contributed by atoms with van der Waals surface area (Å²) in [6, 6.07) is 7.91. The van der Waals surface area contributed by atoms with E-state index in [2.05, 4.69) is 30.2 Å². The third-order valence-corrected chi connectivity index (χ3v) is 4.48. The van der Waals surface area contributed by atoms with Crippen LogP contribution in [0, 0.1) is 5.92 Å². The summed E-state index contributed by atoms with van der Waals surface area (Å²) >= 11 is 7.79. The number of nitrogens with zero attached hydrogens (tertiary/aromatic N) is 1. The first kappa shape index (κ1) is 12.8. The van der Waals surface area contributed by atoms with Gasteiger partial charge in [0.2, 0.25) is 0 Å². The van der Waals surface area contributed by atoms with Crippen LogP contribution in [0.3, 0.4) is 0 Å². The second kappa shape index (κ2) is 5.78. The molecule has 1 aromatic carbocycles. The molecule has 1 N–H and O–H groups in total. The molecule has 92 valence electrons. The SMILES string of the molecule is CC(C)C1CN=C(NCc2cccc(Cl)c2)S1. The second-order valence-electron chi connectivity index (χ2n) is 4.53. The quantitative estimate of drug-likeness (QED) is 0.907. The minimum atomic E-state index is 0.622. The van der Waals surface area contributed by atoms with Gasteiger partial charge in [-0.1, -0.05) is 49.3 Å². The van der Waals surface area contributed by atoms with Gasteiger partial charge in [-0.05, 0) is 23.6 Å². The van der Waals surface area contributed by atoms with Crippen LogP contribution in [0.4, 0.5) is 0 Å². The van der Waals surface area contributed by atoms with Crippen LogP contribution in [-0.4, -0.2) is 17.0 Å². The Kier molecular flexibility index (Phi) is 4.35. The Morgan fingerprint density at radius 2 is 2.35 bits per heavy atom. The molecule has 0 spiro atoms. The van der Waals surface area contributed by atoms with Crippen LogP contribution in [0.5, 0.6) is 0 Å². The Hall–Kier alpha value is -0.670. The Balaban J connectivity index is 1.84. The molecule has 1 aliphatic heterocycles. The third kappa shape index (κ3) is 3.65. The highest BCUT2D eigenvalue weighted by molar-refractivity contribution is 8.14. The first-order valence-corrected chi connectivity index (χ1v) is 7.10. The number of benzene rings is 1. The fraction of sp³-hybridized carbons (Fsp3) is 0.462. The lowest BCUT2D eigenvalue weighted by Gasteiger charge is -2.12. The smallest absolute Gasteiger partial charge is 0.157 e. The zero-order valence-electron chi connectivity index (χ0n) is 10.1. The van der Waals surface area contributed by atoms with Gasteiger partial charge in [0.1, 0.15) is 0 Å². The van der Waals surface area contributed by atoms with E-state index in [1.165, 1.54) is 5.56 Å². The van der Waals surface area contributed by atoms with E-state index in [1.807, 2.05) is 30.0 Å². The van der Waals surface area contributed by atoms with Crippen LogP contribution in [0.1, 0.15) is 19.4 Å². The third-order valence-electron chi connectivity index (χ3n) is 2.75. The van der Waals surface area contributed by atoms with Crippen molar-refractivity contribution < 1.29 is 0 Å². The molecule has 2 rings (SSSR count). The van der Waals surface area contributed by atoms with Crippen LogP contribution in [0.15, 0.2) is 29.3 Å². The molecule has 0 fully saturated rings. The molecule has 0 radical (unpaired) electrons. The molecule has 1 aromatic rings. The average molecular weight is 269 g/mol. The molecule has 0 saturated heterocycles. The maximum atomic E-state index is 5.94. The molecule has 1 atom stereocenters. The summed E-state index contributed by atoms with van der Waals surface area (Å²) in [4.78, 5) is 4.51. The van der Waals surface area contributed by atoms with Crippen molar-refractivity contribution in [2.75, 3.05) is 6.54 Å². The maximum Gasteiger partial charge on any atom is 0.157 e. The normalized spacial score (nSPS) is 19.5. The van der Waals surface area contributed by atoms with Crippen LogP contribution in [0.2, 0.25) is 5.02 Å². The Morgan fingerprint density at radius 1 is 1.53 bits per heavy atom. The molecule has 1 aliphatic rings. The lowest BCUT2D eigenvalue weighted by atomic mass is 10.1. The topological polar surface area (TPSA) is 24.4 Å². The summed E-state index contributed by atoms with van der Waals surface area (Å²) in [6.07, 6.45) is 0. The number of hydrogen-bond acceptors (Lipinski definition) is 3. The highest BCUT2D eigenvalue weighted by Crippen LogP contribution is 2.26. The highest BCUT2D eigenvalue weighted by atomic mass is 35.5. The van der Waals surface area contributed by atoms with E-state index in [9.17, 15) is 0 Å². The van der Waals surface area contributed by atoms with Crippen LogP contribution >= 0.6 is 23.4 Å². The van der Waals surface area contributed by atoms with Gasteiger partial charge in [0.05, 0.1) is 6.54 Å². The predicted molar refractivity (Wildman–Crippen MR) is 76.8 cm³/mol. The van der Waals surface area contributed by atoms with E-state index in [1.54, 1.807) is 0 Å². The predicted octanol–water partition coefficient (Wildman–Crippen LogP) is 3.56. The van der Waals surface area contributed by atoms with Gasteiger partial charge in [0.25, 0.3) is 0 Å². The summed E-state index contributed by atoms with van der Waals surface area (Å²) < 4.78 is 0. The number of thioether (sulfide) groups is 1. The molecule has 0 aromatic heterocycles. The van der Waals surface area contributed by atoms with Crippen LogP contribution in [-0.2, 0) is 6.54 Å². The van der Waals surface area contributed by atoms with Crippen LogP contribution in [0.25, 0.3) is 0 Å². The average Bonchev–Trinajstić information content (AvgIpc) is 2.75. The van der Waals surface area contributed by atoms with E-state index in [4.69, 9.17) is 11.6 Å². The molecular weight excluding hydrogens is 252 g/mol. The van der Waals surface area contributed by atoms with E-state index >= 15 is 0 Å². The van der Waals surface area contributed by atoms with E-state index in [0.717, 1.165) is 23.3 Å². The fourth-order valence-electron chi connectivity index (χ4n) is 1.66. The Labute approximate surface area is 112 Å². The number of nitrogens with one attached hydrogen (secondary N) is 1. The van der Waals surface area contributed by atoms with Crippen molar-refractivity contribution in [2.45, 2.75) is 25.6 Å². The molecule has 0 aliphatic carbocycles. The molecule has 2 nitrogen and oxygen atoms in total. The minimum absolute atomic E-state index is 0.622. The molecule has 0 amide bonds. The van der Waals surface area contributed by atoms with Gasteiger partial charge in [-0.15, -0.1) is 0 Å². The number of hydrogen-bond donors (Lipinski definition) is 1.